The molecule has 2 saturated heterocycles. The molecule has 3 rings (SSSR count). The molecular weight excluding hydrogens is 114 g/mol. The molecule has 1 saturated carbocycles. The summed E-state index contributed by atoms with van der Waals surface area (Å²) >= 11 is 0. The molecule has 50 valence electrons. The van der Waals surface area contributed by atoms with Crippen LogP contribution in [-0.2, 0) is 4.74 Å². The minimum atomic E-state index is 0.150. The predicted octanol–water partition coefficient (Wildman–Crippen LogP) is 1.21. The second-order valence-electron chi connectivity index (χ2n) is 3.60. The lowest BCUT2D eigenvalue weighted by atomic mass is 9.64. The molecule has 0 spiro atoms. The molecule has 9 heavy (non-hydrogen) atoms. The van der Waals surface area contributed by atoms with Crippen molar-refractivity contribution < 1.29 is 4.74 Å². The normalized spacial score (nSPS) is 54.8. The number of ether oxygens (including phenoxy) is 1. The first-order valence-electron chi connectivity index (χ1n) is 3.34. The molecule has 2 aliphatic heterocycles. The van der Waals surface area contributed by atoms with Gasteiger partial charge in [-0.25, -0.2) is 0 Å². The highest BCUT2D eigenvalue weighted by Crippen LogP contribution is 2.56. The molecule has 0 aromatic rings. The van der Waals surface area contributed by atoms with E-state index in [-0.39, 0.29) is 11.0 Å². The van der Waals surface area contributed by atoms with Gasteiger partial charge in [0.15, 0.2) is 0 Å². The molecule has 3 fully saturated rings. The van der Waals surface area contributed by atoms with Crippen molar-refractivity contribution in [1.29, 1.82) is 5.41 Å². The average Bonchev–Trinajstić information content (AvgIpc) is 2.20. The molecular formula is C7H11NO. The number of nitrogens with one attached hydrogen (secondary N) is 1. The maximum Gasteiger partial charge on any atom is 0.0674 e. The van der Waals surface area contributed by atoms with Crippen molar-refractivity contribution in [2.45, 2.75) is 25.4 Å². The van der Waals surface area contributed by atoms with Crippen LogP contribution in [0.2, 0.25) is 0 Å². The summed E-state index contributed by atoms with van der Waals surface area (Å²) in [6.07, 6.45) is 3.70. The van der Waals surface area contributed by atoms with E-state index in [1.165, 1.54) is 0 Å². The zero-order valence-corrected chi connectivity index (χ0v) is 5.61. The Kier molecular flexibility index (Phi) is 0.730. The van der Waals surface area contributed by atoms with Gasteiger partial charge in [0.05, 0.1) is 12.2 Å². The van der Waals surface area contributed by atoms with Crippen molar-refractivity contribution in [3.63, 3.8) is 0 Å². The van der Waals surface area contributed by atoms with Gasteiger partial charge >= 0.3 is 0 Å². The lowest BCUT2D eigenvalue weighted by Crippen LogP contribution is -2.42. The van der Waals surface area contributed by atoms with Gasteiger partial charge in [-0.3, -0.25) is 0 Å². The highest BCUT2D eigenvalue weighted by molar-refractivity contribution is 5.66. The summed E-state index contributed by atoms with van der Waals surface area (Å²) in [6.45, 7) is 2.91. The Balaban J connectivity index is 2.21. The van der Waals surface area contributed by atoms with Crippen LogP contribution in [0.1, 0.15) is 19.8 Å². The van der Waals surface area contributed by atoms with Crippen molar-refractivity contribution in [2.75, 3.05) is 6.61 Å². The first-order chi connectivity index (χ1) is 4.18. The van der Waals surface area contributed by atoms with Crippen LogP contribution in [0.15, 0.2) is 0 Å². The van der Waals surface area contributed by atoms with E-state index in [2.05, 4.69) is 6.92 Å². The highest BCUT2D eigenvalue weighted by atomic mass is 16.5. The minimum Gasteiger partial charge on any atom is -0.374 e. The first-order valence-corrected chi connectivity index (χ1v) is 3.34. The minimum absolute atomic E-state index is 0.150. The van der Waals surface area contributed by atoms with E-state index in [0.717, 1.165) is 19.4 Å². The summed E-state index contributed by atoms with van der Waals surface area (Å²) in [5.74, 6) is 0. The van der Waals surface area contributed by atoms with Gasteiger partial charge in [0.2, 0.25) is 0 Å². The molecule has 0 aromatic heterocycles. The zero-order chi connectivity index (χ0) is 6.54. The van der Waals surface area contributed by atoms with Gasteiger partial charge in [0.25, 0.3) is 0 Å². The fourth-order valence-electron chi connectivity index (χ4n) is 2.10. The Morgan fingerprint density at radius 1 is 1.56 bits per heavy atom. The lowest BCUT2D eigenvalue weighted by molar-refractivity contribution is 0.0149. The largest absolute Gasteiger partial charge is 0.374 e. The summed E-state index contributed by atoms with van der Waals surface area (Å²) in [4.78, 5) is 0. The Morgan fingerprint density at radius 2 is 2.22 bits per heavy atom. The second kappa shape index (κ2) is 1.21. The molecule has 0 atom stereocenters. The van der Waals surface area contributed by atoms with Crippen LogP contribution in [-0.4, -0.2) is 18.4 Å². The van der Waals surface area contributed by atoms with E-state index >= 15 is 0 Å². The van der Waals surface area contributed by atoms with Gasteiger partial charge in [0, 0.05) is 11.6 Å². The molecule has 2 heterocycles. The van der Waals surface area contributed by atoms with Crippen molar-refractivity contribution in [3.05, 3.63) is 0 Å². The number of hydrogen-bond donors (Lipinski definition) is 1. The van der Waals surface area contributed by atoms with Crippen LogP contribution in [0.3, 0.4) is 0 Å². The number of hydrogen-bond acceptors (Lipinski definition) is 2. The Bertz CT molecular complexity index is 158. The molecule has 1 aliphatic carbocycles. The number of rotatable bonds is 1. The molecule has 2 nitrogen and oxygen atoms in total. The topological polar surface area (TPSA) is 33.1 Å². The van der Waals surface area contributed by atoms with Gasteiger partial charge in [-0.2, -0.15) is 0 Å². The van der Waals surface area contributed by atoms with Gasteiger partial charge in [-0.1, -0.05) is 0 Å². The van der Waals surface area contributed by atoms with Crippen molar-refractivity contribution in [1.82, 2.24) is 0 Å². The van der Waals surface area contributed by atoms with Gasteiger partial charge < -0.3 is 10.1 Å². The fourth-order valence-corrected chi connectivity index (χ4v) is 2.10. The molecule has 1 N–H and O–H groups in total. The monoisotopic (exact) mass is 125 g/mol. The van der Waals surface area contributed by atoms with Gasteiger partial charge in [-0.05, 0) is 19.8 Å². The molecule has 2 bridgehead atoms. The van der Waals surface area contributed by atoms with E-state index in [4.69, 9.17) is 10.1 Å². The average molecular weight is 125 g/mol. The standard InChI is InChI=1S/C7H11NO/c1-6-2-7(3-6,4-8)5-9-6/h4,8H,2-3,5H2,1H3. The smallest absolute Gasteiger partial charge is 0.0674 e. The Morgan fingerprint density at radius 3 is 2.44 bits per heavy atom. The molecule has 0 radical (unpaired) electrons. The first kappa shape index (κ1) is 5.42. The third kappa shape index (κ3) is 0.517. The van der Waals surface area contributed by atoms with Crippen molar-refractivity contribution in [2.24, 2.45) is 5.41 Å². The van der Waals surface area contributed by atoms with E-state index in [9.17, 15) is 0 Å². The van der Waals surface area contributed by atoms with Crippen LogP contribution in [0.25, 0.3) is 0 Å². The van der Waals surface area contributed by atoms with Gasteiger partial charge in [-0.15, -0.1) is 0 Å². The predicted molar refractivity (Wildman–Crippen MR) is 34.8 cm³/mol. The summed E-state index contributed by atoms with van der Waals surface area (Å²) in [7, 11) is 0. The Labute approximate surface area is 54.7 Å². The lowest BCUT2D eigenvalue weighted by Gasteiger charge is -2.39. The summed E-state index contributed by atoms with van der Waals surface area (Å²) in [6, 6.07) is 0. The fraction of sp³-hybridized carbons (Fsp3) is 0.857. The number of fused-ring (bicyclic) bond motifs is 1. The zero-order valence-electron chi connectivity index (χ0n) is 5.61. The van der Waals surface area contributed by atoms with E-state index < -0.39 is 0 Å². The van der Waals surface area contributed by atoms with Crippen LogP contribution in [0.4, 0.5) is 0 Å². The van der Waals surface area contributed by atoms with Crippen LogP contribution < -0.4 is 0 Å². The van der Waals surface area contributed by atoms with Crippen LogP contribution in [0.5, 0.6) is 0 Å². The van der Waals surface area contributed by atoms with Crippen LogP contribution >= 0.6 is 0 Å². The van der Waals surface area contributed by atoms with E-state index in [1.807, 2.05) is 0 Å². The Hall–Kier alpha value is -0.370. The molecule has 3 aliphatic rings. The molecule has 2 heteroatoms. The quantitative estimate of drug-likeness (QED) is 0.525. The summed E-state index contributed by atoms with van der Waals surface area (Å²) in [5, 5.41) is 7.12. The van der Waals surface area contributed by atoms with E-state index in [1.54, 1.807) is 6.21 Å². The van der Waals surface area contributed by atoms with Crippen molar-refractivity contribution >= 4 is 6.21 Å². The van der Waals surface area contributed by atoms with Crippen LogP contribution in [0, 0.1) is 10.8 Å². The molecule has 0 aromatic carbocycles. The molecule has 0 unspecified atom stereocenters. The van der Waals surface area contributed by atoms with Crippen molar-refractivity contribution in [3.8, 4) is 0 Å². The third-order valence-corrected chi connectivity index (χ3v) is 2.47. The maximum atomic E-state index is 7.12. The third-order valence-electron chi connectivity index (χ3n) is 2.47. The molecule has 0 amide bonds. The van der Waals surface area contributed by atoms with Gasteiger partial charge in [0.1, 0.15) is 0 Å². The summed E-state index contributed by atoms with van der Waals surface area (Å²) < 4.78 is 5.46. The maximum absolute atomic E-state index is 7.12. The second-order valence-corrected chi connectivity index (χ2v) is 3.60. The summed E-state index contributed by atoms with van der Waals surface area (Å²) in [5.41, 5.74) is 0.312. The SMILES string of the molecule is CC12CC(C=N)(CO1)C2. The van der Waals surface area contributed by atoms with E-state index in [0.29, 0.717) is 0 Å². The highest BCUT2D eigenvalue weighted by Gasteiger charge is 2.58.